The second kappa shape index (κ2) is 11.3. The van der Waals surface area contributed by atoms with Crippen molar-refractivity contribution >= 4 is 5.78 Å². The summed E-state index contributed by atoms with van der Waals surface area (Å²) in [5, 5.41) is 14.2. The Balaban J connectivity index is 1.53. The molecule has 10 nitrogen and oxygen atoms in total. The minimum Gasteiger partial charge on any atom is -0.495 e. The van der Waals surface area contributed by atoms with E-state index in [1.54, 1.807) is 39.7 Å². The summed E-state index contributed by atoms with van der Waals surface area (Å²) in [7, 11) is 1.54. The number of Topliss-reactive ketones (excluding diaryl/α,β-unsaturated/α-hetero) is 1. The topological polar surface area (TPSA) is 121 Å². The van der Waals surface area contributed by atoms with Crippen molar-refractivity contribution in [2.75, 3.05) is 7.11 Å². The highest BCUT2D eigenvalue weighted by atomic mass is 16.5. The summed E-state index contributed by atoms with van der Waals surface area (Å²) in [6, 6.07) is 15.1. The van der Waals surface area contributed by atoms with Crippen LogP contribution in [0.4, 0.5) is 0 Å². The predicted octanol–water partition coefficient (Wildman–Crippen LogP) is 4.48. The Bertz CT molecular complexity index is 1650. The molecular weight excluding hydrogens is 494 g/mol. The summed E-state index contributed by atoms with van der Waals surface area (Å²) in [5.74, 6) is 0.902. The first-order valence-electron chi connectivity index (χ1n) is 12.8. The van der Waals surface area contributed by atoms with Crippen LogP contribution >= 0.6 is 0 Å². The van der Waals surface area contributed by atoms with E-state index in [1.165, 1.54) is 14.0 Å². The Kier molecular flexibility index (Phi) is 7.44. The number of carbonyl (C=O) groups is 1. The predicted molar refractivity (Wildman–Crippen MR) is 147 cm³/mol. The third kappa shape index (κ3) is 5.13. The molecule has 0 aliphatic heterocycles. The largest absolute Gasteiger partial charge is 0.495 e. The number of ketones is 1. The van der Waals surface area contributed by atoms with Gasteiger partial charge in [0.1, 0.15) is 11.4 Å². The molecular formula is C29H29N7O3. The molecule has 0 aliphatic carbocycles. The fourth-order valence-corrected chi connectivity index (χ4v) is 4.71. The van der Waals surface area contributed by atoms with Crippen molar-refractivity contribution in [2.24, 2.45) is 0 Å². The number of pyridine rings is 1. The number of nitrogens with zero attached hydrogens (tertiary/aromatic N) is 6. The van der Waals surface area contributed by atoms with Gasteiger partial charge in [0.05, 0.1) is 13.7 Å². The average molecular weight is 524 g/mol. The molecule has 0 fully saturated rings. The van der Waals surface area contributed by atoms with Crippen LogP contribution in [0.15, 0.2) is 71.9 Å². The molecule has 3 aromatic heterocycles. The number of benzene rings is 2. The second-order valence-corrected chi connectivity index (χ2v) is 9.24. The van der Waals surface area contributed by atoms with E-state index in [0.717, 1.165) is 47.2 Å². The van der Waals surface area contributed by atoms with Crippen molar-refractivity contribution in [3.63, 3.8) is 0 Å². The smallest absolute Gasteiger partial charge is 0.333 e. The number of rotatable bonds is 10. The molecule has 3 heterocycles. The van der Waals surface area contributed by atoms with Crippen LogP contribution in [-0.2, 0) is 13.0 Å². The van der Waals surface area contributed by atoms with Gasteiger partial charge in [-0.15, -0.1) is 5.10 Å². The summed E-state index contributed by atoms with van der Waals surface area (Å²) in [6.07, 6.45) is 7.99. The molecule has 0 bridgehead atoms. The molecule has 0 unspecified atom stereocenters. The zero-order valence-corrected chi connectivity index (χ0v) is 22.1. The SMILES string of the molecule is CCCCc1cn(-c2c(OC)cccc2C(C)=O)c(=O)n1Cc1ccc(-c2cnccc2-c2nnn[nH]2)cc1. The highest BCUT2D eigenvalue weighted by Crippen LogP contribution is 2.30. The highest BCUT2D eigenvalue weighted by molar-refractivity contribution is 5.98. The van der Waals surface area contributed by atoms with Crippen LogP contribution in [-0.4, -0.2) is 47.6 Å². The third-order valence-corrected chi connectivity index (χ3v) is 6.71. The molecule has 5 rings (SSSR count). The van der Waals surface area contributed by atoms with Gasteiger partial charge < -0.3 is 4.74 Å². The quantitative estimate of drug-likeness (QED) is 0.268. The number of para-hydroxylation sites is 1. The summed E-state index contributed by atoms with van der Waals surface area (Å²) in [6.45, 7) is 4.00. The number of carbonyl (C=O) groups excluding carboxylic acids is 1. The molecule has 0 saturated heterocycles. The zero-order chi connectivity index (χ0) is 27.4. The molecule has 0 amide bonds. The maximum Gasteiger partial charge on any atom is 0.333 e. The van der Waals surface area contributed by atoms with Crippen LogP contribution in [0.3, 0.4) is 0 Å². The van der Waals surface area contributed by atoms with E-state index in [9.17, 15) is 9.59 Å². The lowest BCUT2D eigenvalue weighted by Gasteiger charge is -2.12. The number of tetrazole rings is 1. The lowest BCUT2D eigenvalue weighted by atomic mass is 10.0. The van der Waals surface area contributed by atoms with Gasteiger partial charge in [-0.3, -0.25) is 18.9 Å². The molecule has 10 heteroatoms. The van der Waals surface area contributed by atoms with Crippen molar-refractivity contribution in [1.29, 1.82) is 0 Å². The van der Waals surface area contributed by atoms with E-state index in [0.29, 0.717) is 29.4 Å². The first kappa shape index (κ1) is 25.8. The minimum atomic E-state index is -0.218. The van der Waals surface area contributed by atoms with Crippen LogP contribution in [0.1, 0.15) is 48.3 Å². The van der Waals surface area contributed by atoms with E-state index < -0.39 is 0 Å². The number of nitrogens with one attached hydrogen (secondary N) is 1. The van der Waals surface area contributed by atoms with Crippen LogP contribution < -0.4 is 10.4 Å². The van der Waals surface area contributed by atoms with Gasteiger partial charge in [-0.25, -0.2) is 9.89 Å². The number of hydrogen-bond acceptors (Lipinski definition) is 7. The lowest BCUT2D eigenvalue weighted by Crippen LogP contribution is -2.26. The Morgan fingerprint density at radius 3 is 2.59 bits per heavy atom. The van der Waals surface area contributed by atoms with E-state index in [-0.39, 0.29) is 11.5 Å². The molecule has 0 radical (unpaired) electrons. The lowest BCUT2D eigenvalue weighted by molar-refractivity contribution is 0.101. The molecule has 0 atom stereocenters. The van der Waals surface area contributed by atoms with E-state index in [1.807, 2.05) is 36.5 Å². The van der Waals surface area contributed by atoms with Crippen molar-refractivity contribution in [2.45, 2.75) is 39.7 Å². The Hall–Kier alpha value is -4.86. The van der Waals surface area contributed by atoms with Crippen LogP contribution in [0.25, 0.3) is 28.2 Å². The summed E-state index contributed by atoms with van der Waals surface area (Å²) in [5.41, 5.74) is 5.25. The van der Waals surface area contributed by atoms with Gasteiger partial charge in [0, 0.05) is 41.0 Å². The number of hydrogen-bond donors (Lipinski definition) is 1. The number of unbranched alkanes of at least 4 members (excludes halogenated alkanes) is 1. The van der Waals surface area contributed by atoms with Crippen molar-refractivity contribution in [3.8, 4) is 34.0 Å². The van der Waals surface area contributed by atoms with Gasteiger partial charge in [-0.2, -0.15) is 0 Å². The van der Waals surface area contributed by atoms with Gasteiger partial charge in [-0.05, 0) is 59.5 Å². The molecule has 5 aromatic rings. The molecule has 0 spiro atoms. The number of ether oxygens (including phenoxy) is 1. The highest BCUT2D eigenvalue weighted by Gasteiger charge is 2.20. The third-order valence-electron chi connectivity index (χ3n) is 6.71. The normalized spacial score (nSPS) is 11.1. The molecule has 0 aliphatic rings. The molecule has 198 valence electrons. The van der Waals surface area contributed by atoms with Crippen molar-refractivity contribution < 1.29 is 9.53 Å². The molecule has 0 saturated carbocycles. The zero-order valence-electron chi connectivity index (χ0n) is 22.1. The summed E-state index contributed by atoms with van der Waals surface area (Å²) < 4.78 is 8.86. The fraction of sp³-hybridized carbons (Fsp3) is 0.241. The molecule has 1 N–H and O–H groups in total. The number of aromatic amines is 1. The van der Waals surface area contributed by atoms with E-state index in [2.05, 4.69) is 32.5 Å². The standard InChI is InChI=1S/C29H29N7O3/c1-4-5-7-22-18-36(27-23(19(2)37)8-6-9-26(27)39-3)29(38)35(22)17-20-10-12-21(13-11-20)25-16-30-15-14-24(25)28-31-33-34-32-28/h6,8-16,18H,4-5,7,17H2,1-3H3,(H,31,32,33,34). The summed E-state index contributed by atoms with van der Waals surface area (Å²) >= 11 is 0. The van der Waals surface area contributed by atoms with Crippen LogP contribution in [0, 0.1) is 0 Å². The van der Waals surface area contributed by atoms with Crippen LogP contribution in [0.5, 0.6) is 5.75 Å². The Labute approximate surface area is 225 Å². The first-order valence-corrected chi connectivity index (χ1v) is 12.8. The van der Waals surface area contributed by atoms with Crippen molar-refractivity contribution in [3.05, 3.63) is 94.4 Å². The maximum absolute atomic E-state index is 13.8. The van der Waals surface area contributed by atoms with Gasteiger partial charge >= 0.3 is 5.69 Å². The number of H-pyrrole nitrogens is 1. The second-order valence-electron chi connectivity index (χ2n) is 9.24. The monoisotopic (exact) mass is 523 g/mol. The maximum atomic E-state index is 13.8. The number of aromatic nitrogens is 7. The molecule has 2 aromatic carbocycles. The van der Waals surface area contributed by atoms with E-state index in [4.69, 9.17) is 4.74 Å². The van der Waals surface area contributed by atoms with Crippen molar-refractivity contribution in [1.82, 2.24) is 34.7 Å². The van der Waals surface area contributed by atoms with Gasteiger partial charge in [0.15, 0.2) is 11.6 Å². The minimum absolute atomic E-state index is 0.134. The van der Waals surface area contributed by atoms with Gasteiger partial charge in [-0.1, -0.05) is 43.7 Å². The Morgan fingerprint density at radius 2 is 1.90 bits per heavy atom. The van der Waals surface area contributed by atoms with Gasteiger partial charge in [0.25, 0.3) is 0 Å². The number of aryl methyl sites for hydroxylation is 1. The summed E-state index contributed by atoms with van der Waals surface area (Å²) in [4.78, 5) is 30.5. The van der Waals surface area contributed by atoms with E-state index >= 15 is 0 Å². The Morgan fingerprint density at radius 1 is 1.08 bits per heavy atom. The van der Waals surface area contributed by atoms with Gasteiger partial charge in [0.2, 0.25) is 0 Å². The molecule has 39 heavy (non-hydrogen) atoms. The van der Waals surface area contributed by atoms with Crippen LogP contribution in [0.2, 0.25) is 0 Å². The average Bonchev–Trinajstić information content (AvgIpc) is 3.61. The number of imidazole rings is 1. The fourth-order valence-electron chi connectivity index (χ4n) is 4.71. The first-order chi connectivity index (χ1) is 19.0. The number of methoxy groups -OCH3 is 1.